The topological polar surface area (TPSA) is 78.6 Å². The molecule has 0 aromatic carbocycles. The molecule has 1 aliphatic heterocycles. The van der Waals surface area contributed by atoms with Crippen molar-refractivity contribution < 1.29 is 14.4 Å². The molecule has 3 atom stereocenters. The average molecular weight is 309 g/mol. The zero-order valence-electron chi connectivity index (χ0n) is 13.7. The predicted octanol–water partition coefficient (Wildman–Crippen LogP) is 2.18. The number of nitrogens with one attached hydrogen (secondary N) is 1. The van der Waals surface area contributed by atoms with Gasteiger partial charge in [0.25, 0.3) is 0 Å². The molecule has 1 fully saturated rings. The van der Waals surface area contributed by atoms with E-state index in [9.17, 15) is 9.90 Å². The fraction of sp³-hybridized carbons (Fsp3) is 0.750. The van der Waals surface area contributed by atoms with Crippen LogP contribution in [0.5, 0.6) is 0 Å². The van der Waals surface area contributed by atoms with E-state index in [1.807, 2.05) is 6.92 Å². The molecule has 0 saturated carbocycles. The highest BCUT2D eigenvalue weighted by Crippen LogP contribution is 2.24. The Morgan fingerprint density at radius 2 is 2.41 bits per heavy atom. The molecule has 1 aliphatic rings. The molecule has 2 N–H and O–H groups in total. The molecule has 0 aliphatic carbocycles. The van der Waals surface area contributed by atoms with E-state index >= 15 is 0 Å². The van der Waals surface area contributed by atoms with Gasteiger partial charge in [0.1, 0.15) is 5.76 Å². The van der Waals surface area contributed by atoms with Crippen molar-refractivity contribution in [2.24, 2.45) is 5.92 Å². The van der Waals surface area contributed by atoms with E-state index in [0.29, 0.717) is 11.6 Å². The van der Waals surface area contributed by atoms with Crippen LogP contribution in [0.3, 0.4) is 0 Å². The van der Waals surface area contributed by atoms with Crippen LogP contribution in [-0.2, 0) is 4.79 Å². The zero-order valence-corrected chi connectivity index (χ0v) is 13.7. The lowest BCUT2D eigenvalue weighted by Gasteiger charge is -2.27. The second-order valence-corrected chi connectivity index (χ2v) is 6.25. The second kappa shape index (κ2) is 7.74. The minimum Gasteiger partial charge on any atom is -0.393 e. The number of hydrogen-bond acceptors (Lipinski definition) is 5. The summed E-state index contributed by atoms with van der Waals surface area (Å²) in [7, 11) is 0. The highest BCUT2D eigenvalue weighted by atomic mass is 16.5. The Labute approximate surface area is 131 Å². The molecule has 22 heavy (non-hydrogen) atoms. The predicted molar refractivity (Wildman–Crippen MR) is 84.5 cm³/mol. The Bertz CT molecular complexity index is 487. The molecular weight excluding hydrogens is 282 g/mol. The van der Waals surface area contributed by atoms with Crippen LogP contribution in [0.4, 0.5) is 5.82 Å². The van der Waals surface area contributed by atoms with E-state index in [2.05, 4.69) is 22.3 Å². The molecule has 2 rings (SSSR count). The third-order valence-electron chi connectivity index (χ3n) is 4.39. The van der Waals surface area contributed by atoms with Crippen molar-refractivity contribution >= 4 is 11.7 Å². The molecule has 6 heteroatoms. The van der Waals surface area contributed by atoms with Gasteiger partial charge in [-0.3, -0.25) is 9.69 Å². The molecule has 6 nitrogen and oxygen atoms in total. The van der Waals surface area contributed by atoms with Crippen molar-refractivity contribution in [1.29, 1.82) is 0 Å². The van der Waals surface area contributed by atoms with Crippen LogP contribution in [0.15, 0.2) is 10.6 Å². The summed E-state index contributed by atoms with van der Waals surface area (Å²) in [5.74, 6) is 1.37. The minimum absolute atomic E-state index is 0.0343. The van der Waals surface area contributed by atoms with Gasteiger partial charge in [-0.2, -0.15) is 0 Å². The number of aliphatic hydroxyl groups is 1. The number of rotatable bonds is 7. The molecule has 3 unspecified atom stereocenters. The average Bonchev–Trinajstić information content (AvgIpc) is 3.09. The molecule has 0 bridgehead atoms. The summed E-state index contributed by atoms with van der Waals surface area (Å²) >= 11 is 0. The number of carbonyl (C=O) groups is 1. The van der Waals surface area contributed by atoms with Gasteiger partial charge in [-0.1, -0.05) is 24.9 Å². The van der Waals surface area contributed by atoms with Crippen molar-refractivity contribution in [3.63, 3.8) is 0 Å². The van der Waals surface area contributed by atoms with Crippen LogP contribution in [0.1, 0.15) is 45.3 Å². The first-order valence-corrected chi connectivity index (χ1v) is 8.17. The van der Waals surface area contributed by atoms with Gasteiger partial charge in [0.15, 0.2) is 5.82 Å². The van der Waals surface area contributed by atoms with Gasteiger partial charge >= 0.3 is 0 Å². The number of unbranched alkanes of at least 4 members (excludes halogenated alkanes) is 1. The van der Waals surface area contributed by atoms with Crippen LogP contribution in [-0.4, -0.2) is 46.3 Å². The Morgan fingerprint density at radius 1 is 1.64 bits per heavy atom. The quantitative estimate of drug-likeness (QED) is 0.807. The molecule has 1 saturated heterocycles. The Balaban J connectivity index is 2.00. The normalized spacial score (nSPS) is 21.7. The highest BCUT2D eigenvalue weighted by Gasteiger charge is 2.34. The fourth-order valence-electron chi connectivity index (χ4n) is 3.00. The Morgan fingerprint density at radius 3 is 2.95 bits per heavy atom. The molecule has 1 aromatic rings. The number of aryl methyl sites for hydroxylation is 1. The van der Waals surface area contributed by atoms with Crippen LogP contribution >= 0.6 is 0 Å². The first kappa shape index (κ1) is 17.0. The number of aromatic nitrogens is 1. The van der Waals surface area contributed by atoms with Gasteiger partial charge < -0.3 is 14.9 Å². The van der Waals surface area contributed by atoms with Gasteiger partial charge in [-0.15, -0.1) is 0 Å². The van der Waals surface area contributed by atoms with Crippen LogP contribution in [0.25, 0.3) is 0 Å². The van der Waals surface area contributed by atoms with Crippen molar-refractivity contribution in [1.82, 2.24) is 10.1 Å². The van der Waals surface area contributed by atoms with Crippen molar-refractivity contribution in [3.8, 4) is 0 Å². The summed E-state index contributed by atoms with van der Waals surface area (Å²) in [6, 6.07) is 1.55. The third kappa shape index (κ3) is 4.30. The lowest BCUT2D eigenvalue weighted by Crippen LogP contribution is -2.43. The van der Waals surface area contributed by atoms with Gasteiger partial charge in [0.2, 0.25) is 5.91 Å². The number of nitrogens with zero attached hydrogens (tertiary/aromatic N) is 2. The molecule has 2 heterocycles. The maximum absolute atomic E-state index is 12.6. The van der Waals surface area contributed by atoms with Crippen LogP contribution < -0.4 is 5.32 Å². The van der Waals surface area contributed by atoms with E-state index in [1.165, 1.54) is 0 Å². The van der Waals surface area contributed by atoms with Gasteiger partial charge in [0, 0.05) is 12.6 Å². The fourth-order valence-corrected chi connectivity index (χ4v) is 3.00. The van der Waals surface area contributed by atoms with Gasteiger partial charge in [0.05, 0.1) is 12.1 Å². The smallest absolute Gasteiger partial charge is 0.242 e. The number of hydrogen-bond donors (Lipinski definition) is 2. The molecule has 1 aromatic heterocycles. The third-order valence-corrected chi connectivity index (χ3v) is 4.39. The Kier molecular flexibility index (Phi) is 5.97. The first-order valence-electron chi connectivity index (χ1n) is 8.17. The van der Waals surface area contributed by atoms with Gasteiger partial charge in [-0.25, -0.2) is 0 Å². The molecule has 1 amide bonds. The summed E-state index contributed by atoms with van der Waals surface area (Å²) in [5, 5.41) is 16.4. The van der Waals surface area contributed by atoms with E-state index in [0.717, 1.165) is 38.8 Å². The van der Waals surface area contributed by atoms with Crippen molar-refractivity contribution in [2.75, 3.05) is 18.4 Å². The van der Waals surface area contributed by atoms with Gasteiger partial charge in [-0.05, 0) is 39.2 Å². The summed E-state index contributed by atoms with van der Waals surface area (Å²) in [6.07, 6.45) is 3.51. The molecule has 0 radical (unpaired) electrons. The van der Waals surface area contributed by atoms with E-state index in [-0.39, 0.29) is 24.0 Å². The summed E-state index contributed by atoms with van der Waals surface area (Å²) in [6.45, 7) is 7.38. The highest BCUT2D eigenvalue weighted by molar-refractivity contribution is 5.94. The number of amides is 1. The summed E-state index contributed by atoms with van der Waals surface area (Å²) in [5.41, 5.74) is 0. The maximum Gasteiger partial charge on any atom is 0.242 e. The molecule has 124 valence electrons. The van der Waals surface area contributed by atoms with Crippen LogP contribution in [0, 0.1) is 12.8 Å². The SMILES string of the molecule is CCCCC(C(=O)Nc1cc(C)on1)N1CCC(C(C)O)C1. The number of aliphatic hydroxyl groups excluding tert-OH is 1. The number of carbonyl (C=O) groups excluding carboxylic acids is 1. The van der Waals surface area contributed by atoms with Crippen molar-refractivity contribution in [2.45, 2.75) is 58.6 Å². The maximum atomic E-state index is 12.6. The van der Waals surface area contributed by atoms with E-state index < -0.39 is 0 Å². The monoisotopic (exact) mass is 309 g/mol. The molecule has 0 spiro atoms. The summed E-state index contributed by atoms with van der Waals surface area (Å²) in [4.78, 5) is 14.8. The molecular formula is C16H27N3O3. The number of anilines is 1. The summed E-state index contributed by atoms with van der Waals surface area (Å²) < 4.78 is 4.99. The van der Waals surface area contributed by atoms with E-state index in [4.69, 9.17) is 4.52 Å². The van der Waals surface area contributed by atoms with Crippen molar-refractivity contribution in [3.05, 3.63) is 11.8 Å². The van der Waals surface area contributed by atoms with Crippen LogP contribution in [0.2, 0.25) is 0 Å². The lowest BCUT2D eigenvalue weighted by molar-refractivity contribution is -0.121. The zero-order chi connectivity index (χ0) is 16.1. The second-order valence-electron chi connectivity index (χ2n) is 6.25. The minimum atomic E-state index is -0.321. The van der Waals surface area contributed by atoms with E-state index in [1.54, 1.807) is 13.0 Å². The standard InChI is InChI=1S/C16H27N3O3/c1-4-5-6-14(19-8-7-13(10-19)12(3)20)16(21)17-15-9-11(2)22-18-15/h9,12-14,20H,4-8,10H2,1-3H3,(H,17,18,21). The Hall–Kier alpha value is -1.40. The number of likely N-dealkylation sites (tertiary alicyclic amines) is 1. The first-order chi connectivity index (χ1) is 10.5. The largest absolute Gasteiger partial charge is 0.393 e. The lowest BCUT2D eigenvalue weighted by atomic mass is 10.0.